The standard InChI is InChI=1S/C23H21F3N2O3/c1-14-18(12-13-20(27-14)15(2)30-3)22(29)28-16-8-10-17(11-9-16)31-21-7-5-4-6-19(21)23(24,25)26/h4-13,15H,1-3H3,(H,28,29). The molecule has 1 atom stereocenters. The Labute approximate surface area is 177 Å². The molecular weight excluding hydrogens is 409 g/mol. The number of anilines is 1. The largest absolute Gasteiger partial charge is 0.457 e. The van der Waals surface area contributed by atoms with Crippen LogP contribution in [0.5, 0.6) is 11.5 Å². The molecule has 0 fully saturated rings. The molecule has 1 unspecified atom stereocenters. The minimum absolute atomic E-state index is 0.189. The lowest BCUT2D eigenvalue weighted by Crippen LogP contribution is -2.15. The lowest BCUT2D eigenvalue weighted by atomic mass is 10.1. The Morgan fingerprint density at radius 1 is 1.03 bits per heavy atom. The van der Waals surface area contributed by atoms with Crippen LogP contribution in [-0.2, 0) is 10.9 Å². The molecule has 0 aliphatic carbocycles. The number of aryl methyl sites for hydroxylation is 1. The van der Waals surface area contributed by atoms with Crippen molar-refractivity contribution in [1.82, 2.24) is 4.98 Å². The van der Waals surface area contributed by atoms with Crippen LogP contribution in [-0.4, -0.2) is 18.0 Å². The van der Waals surface area contributed by atoms with Crippen LogP contribution in [0.1, 0.15) is 40.3 Å². The summed E-state index contributed by atoms with van der Waals surface area (Å²) in [5, 5.41) is 2.74. The Kier molecular flexibility index (Phi) is 6.60. The lowest BCUT2D eigenvalue weighted by Gasteiger charge is -2.14. The number of aromatic nitrogens is 1. The number of alkyl halides is 3. The highest BCUT2D eigenvalue weighted by atomic mass is 19.4. The van der Waals surface area contributed by atoms with Gasteiger partial charge in [-0.15, -0.1) is 0 Å². The van der Waals surface area contributed by atoms with Gasteiger partial charge in [-0.05, 0) is 62.4 Å². The number of para-hydroxylation sites is 1. The van der Waals surface area contributed by atoms with Crippen LogP contribution in [0.4, 0.5) is 18.9 Å². The molecular formula is C23H21F3N2O3. The topological polar surface area (TPSA) is 60.5 Å². The van der Waals surface area contributed by atoms with Gasteiger partial charge in [0.2, 0.25) is 0 Å². The number of nitrogens with one attached hydrogen (secondary N) is 1. The van der Waals surface area contributed by atoms with Crippen LogP contribution in [0.25, 0.3) is 0 Å². The molecule has 1 N–H and O–H groups in total. The number of pyridine rings is 1. The van der Waals surface area contributed by atoms with Gasteiger partial charge >= 0.3 is 6.18 Å². The van der Waals surface area contributed by atoms with Crippen molar-refractivity contribution in [1.29, 1.82) is 0 Å². The van der Waals surface area contributed by atoms with Crippen molar-refractivity contribution < 1.29 is 27.4 Å². The molecule has 1 heterocycles. The fraction of sp³-hybridized carbons (Fsp3) is 0.217. The summed E-state index contributed by atoms with van der Waals surface area (Å²) in [6.45, 7) is 3.59. The summed E-state index contributed by atoms with van der Waals surface area (Å²) in [5.41, 5.74) is 1.29. The molecule has 1 amide bonds. The van der Waals surface area contributed by atoms with Crippen molar-refractivity contribution in [3.8, 4) is 11.5 Å². The minimum atomic E-state index is -4.52. The predicted octanol–water partition coefficient (Wildman–Crippen LogP) is 6.16. The van der Waals surface area contributed by atoms with E-state index >= 15 is 0 Å². The molecule has 0 saturated heterocycles. The molecule has 0 spiro atoms. The first kappa shape index (κ1) is 22.3. The van der Waals surface area contributed by atoms with E-state index in [4.69, 9.17) is 9.47 Å². The van der Waals surface area contributed by atoms with Crippen molar-refractivity contribution in [2.75, 3.05) is 12.4 Å². The maximum absolute atomic E-state index is 13.1. The smallest absolute Gasteiger partial charge is 0.419 e. The second kappa shape index (κ2) is 9.18. The molecule has 2 aromatic carbocycles. The summed E-state index contributed by atoms with van der Waals surface area (Å²) in [4.78, 5) is 17.0. The van der Waals surface area contributed by atoms with Crippen molar-refractivity contribution in [3.05, 3.63) is 83.2 Å². The maximum Gasteiger partial charge on any atom is 0.419 e. The average Bonchev–Trinajstić information content (AvgIpc) is 2.74. The molecule has 0 aliphatic rings. The number of nitrogens with zero attached hydrogens (tertiary/aromatic N) is 1. The van der Waals surface area contributed by atoms with E-state index in [2.05, 4.69) is 10.3 Å². The Morgan fingerprint density at radius 2 is 1.71 bits per heavy atom. The first-order valence-corrected chi connectivity index (χ1v) is 9.45. The highest BCUT2D eigenvalue weighted by molar-refractivity contribution is 6.05. The SMILES string of the molecule is COC(C)c1ccc(C(=O)Nc2ccc(Oc3ccccc3C(F)(F)F)cc2)c(C)n1. The summed E-state index contributed by atoms with van der Waals surface area (Å²) in [5.74, 6) is -0.429. The predicted molar refractivity (Wildman–Crippen MR) is 110 cm³/mol. The molecule has 5 nitrogen and oxygen atoms in total. The van der Waals surface area contributed by atoms with Crippen molar-refractivity contribution >= 4 is 11.6 Å². The van der Waals surface area contributed by atoms with Gasteiger partial charge in [-0.3, -0.25) is 9.78 Å². The summed E-state index contributed by atoms with van der Waals surface area (Å²) < 4.78 is 49.9. The molecule has 0 saturated carbocycles. The van der Waals surface area contributed by atoms with E-state index in [0.29, 0.717) is 16.9 Å². The van der Waals surface area contributed by atoms with Crippen molar-refractivity contribution in [2.24, 2.45) is 0 Å². The lowest BCUT2D eigenvalue weighted by molar-refractivity contribution is -0.138. The second-order valence-corrected chi connectivity index (χ2v) is 6.82. The quantitative estimate of drug-likeness (QED) is 0.509. The van der Waals surface area contributed by atoms with E-state index in [0.717, 1.165) is 11.8 Å². The Balaban J connectivity index is 1.71. The molecule has 8 heteroatoms. The number of carbonyl (C=O) groups is 1. The first-order chi connectivity index (χ1) is 14.7. The summed E-state index contributed by atoms with van der Waals surface area (Å²) in [6.07, 6.45) is -4.71. The van der Waals surface area contributed by atoms with E-state index in [1.54, 1.807) is 38.3 Å². The maximum atomic E-state index is 13.1. The van der Waals surface area contributed by atoms with E-state index in [9.17, 15) is 18.0 Å². The zero-order valence-corrected chi connectivity index (χ0v) is 17.2. The number of hydrogen-bond acceptors (Lipinski definition) is 4. The minimum Gasteiger partial charge on any atom is -0.457 e. The van der Waals surface area contributed by atoms with Gasteiger partial charge in [0.15, 0.2) is 0 Å². The fourth-order valence-corrected chi connectivity index (χ4v) is 2.89. The highest BCUT2D eigenvalue weighted by Gasteiger charge is 2.34. The van der Waals surface area contributed by atoms with Gasteiger partial charge in [-0.2, -0.15) is 13.2 Å². The fourth-order valence-electron chi connectivity index (χ4n) is 2.89. The highest BCUT2D eigenvalue weighted by Crippen LogP contribution is 2.38. The van der Waals surface area contributed by atoms with Gasteiger partial charge in [0.1, 0.15) is 11.5 Å². The molecule has 0 bridgehead atoms. The van der Waals surface area contributed by atoms with Gasteiger partial charge in [0.25, 0.3) is 5.91 Å². The number of halogens is 3. The second-order valence-electron chi connectivity index (χ2n) is 6.82. The summed E-state index contributed by atoms with van der Waals surface area (Å²) >= 11 is 0. The molecule has 3 rings (SSSR count). The molecule has 3 aromatic rings. The number of methoxy groups -OCH3 is 1. The van der Waals surface area contributed by atoms with Gasteiger partial charge < -0.3 is 14.8 Å². The Morgan fingerprint density at radius 3 is 2.32 bits per heavy atom. The van der Waals surface area contributed by atoms with Crippen LogP contribution in [0.2, 0.25) is 0 Å². The molecule has 0 aliphatic heterocycles. The van der Waals surface area contributed by atoms with Crippen LogP contribution >= 0.6 is 0 Å². The first-order valence-electron chi connectivity index (χ1n) is 9.45. The van der Waals surface area contributed by atoms with Crippen molar-refractivity contribution in [2.45, 2.75) is 26.1 Å². The van der Waals surface area contributed by atoms with Crippen LogP contribution in [0.3, 0.4) is 0 Å². The van der Waals surface area contributed by atoms with Crippen molar-refractivity contribution in [3.63, 3.8) is 0 Å². The summed E-state index contributed by atoms with van der Waals surface area (Å²) in [7, 11) is 1.58. The average molecular weight is 430 g/mol. The van der Waals surface area contributed by atoms with E-state index in [1.165, 1.54) is 30.3 Å². The number of rotatable bonds is 6. The molecule has 0 radical (unpaired) electrons. The zero-order valence-electron chi connectivity index (χ0n) is 17.2. The third-order valence-electron chi connectivity index (χ3n) is 4.65. The third kappa shape index (κ3) is 5.40. The molecule has 1 aromatic heterocycles. The van der Waals surface area contributed by atoms with Crippen LogP contribution in [0, 0.1) is 6.92 Å². The van der Waals surface area contributed by atoms with Gasteiger partial charge in [0, 0.05) is 12.8 Å². The number of carbonyl (C=O) groups excluding carboxylic acids is 1. The number of benzene rings is 2. The normalized spacial score (nSPS) is 12.3. The van der Waals surface area contributed by atoms with E-state index < -0.39 is 11.7 Å². The molecule has 162 valence electrons. The molecule has 31 heavy (non-hydrogen) atoms. The number of amides is 1. The third-order valence-corrected chi connectivity index (χ3v) is 4.65. The monoisotopic (exact) mass is 430 g/mol. The Hall–Kier alpha value is -3.39. The Bertz CT molecular complexity index is 1070. The van der Waals surface area contributed by atoms with Gasteiger partial charge in [-0.25, -0.2) is 0 Å². The number of hydrogen-bond donors (Lipinski definition) is 1. The van der Waals surface area contributed by atoms with E-state index in [-0.39, 0.29) is 23.5 Å². The van der Waals surface area contributed by atoms with Gasteiger partial charge in [0.05, 0.1) is 28.6 Å². The van der Waals surface area contributed by atoms with Crippen LogP contribution in [0.15, 0.2) is 60.7 Å². The zero-order chi connectivity index (χ0) is 22.6. The number of ether oxygens (including phenoxy) is 2. The van der Waals surface area contributed by atoms with Crippen LogP contribution < -0.4 is 10.1 Å². The van der Waals surface area contributed by atoms with E-state index in [1.807, 2.05) is 6.92 Å². The summed E-state index contributed by atoms with van der Waals surface area (Å²) in [6, 6.07) is 14.4. The van der Waals surface area contributed by atoms with Gasteiger partial charge in [-0.1, -0.05) is 12.1 Å².